The zero-order valence-electron chi connectivity index (χ0n) is 18.9. The number of benzene rings is 4. The second kappa shape index (κ2) is 7.45. The van der Waals surface area contributed by atoms with E-state index < -0.39 is 0 Å². The zero-order chi connectivity index (χ0) is 22.5. The van der Waals surface area contributed by atoms with Crippen LogP contribution in [0.25, 0.3) is 50.3 Å². The Bertz CT molecular complexity index is 1640. The fourth-order valence-electron chi connectivity index (χ4n) is 4.82. The summed E-state index contributed by atoms with van der Waals surface area (Å²) in [5.74, 6) is 1.79. The molecule has 2 heterocycles. The fraction of sp³-hybridized carbons (Fsp3) is 0.103. The Labute approximate surface area is 192 Å². The van der Waals surface area contributed by atoms with Crippen LogP contribution in [0.2, 0.25) is 0 Å². The second-order valence-corrected chi connectivity index (χ2v) is 8.46. The molecule has 0 saturated carbocycles. The van der Waals surface area contributed by atoms with Gasteiger partial charge in [-0.05, 0) is 48.4 Å². The smallest absolute Gasteiger partial charge is 0.295 e. The summed E-state index contributed by atoms with van der Waals surface area (Å²) in [6.45, 7) is 4.03. The molecule has 4 aromatic carbocycles. The quantitative estimate of drug-likeness (QED) is 0.299. The van der Waals surface area contributed by atoms with Crippen LogP contribution >= 0.6 is 0 Å². The van der Waals surface area contributed by atoms with E-state index in [0.29, 0.717) is 5.89 Å². The van der Waals surface area contributed by atoms with Crippen molar-refractivity contribution in [2.45, 2.75) is 13.8 Å². The van der Waals surface area contributed by atoms with E-state index in [2.05, 4.69) is 119 Å². The van der Waals surface area contributed by atoms with E-state index >= 15 is 0 Å². The summed E-state index contributed by atoms with van der Waals surface area (Å²) in [5, 5.41) is 0. The maximum Gasteiger partial charge on any atom is 0.295 e. The lowest BCUT2D eigenvalue weighted by atomic mass is 10.0. The Hall–Kier alpha value is -4.18. The highest BCUT2D eigenvalue weighted by atomic mass is 16.3. The number of nitrogens with zero attached hydrogens (tertiary/aromatic N) is 3. The Morgan fingerprint density at radius 3 is 2.36 bits per heavy atom. The van der Waals surface area contributed by atoms with E-state index in [1.807, 2.05) is 6.92 Å². The lowest BCUT2D eigenvalue weighted by molar-refractivity contribution is -0.633. The van der Waals surface area contributed by atoms with Gasteiger partial charge >= 0.3 is 0 Å². The summed E-state index contributed by atoms with van der Waals surface area (Å²) < 4.78 is 10.4. The van der Waals surface area contributed by atoms with Crippen molar-refractivity contribution in [1.82, 2.24) is 9.55 Å². The molecular weight excluding hydrogens is 406 g/mol. The first-order chi connectivity index (χ1) is 16.1. The average Bonchev–Trinajstić information content (AvgIpc) is 3.35. The Kier molecular flexibility index (Phi) is 4.40. The molecule has 6 aromatic rings. The number of para-hydroxylation sites is 3. The number of hydrogen-bond donors (Lipinski definition) is 0. The third kappa shape index (κ3) is 3.06. The molecule has 0 fully saturated rings. The van der Waals surface area contributed by atoms with Crippen molar-refractivity contribution in [3.05, 3.63) is 102 Å². The molecule has 0 aliphatic carbocycles. The lowest BCUT2D eigenvalue weighted by Crippen LogP contribution is -2.30. The second-order valence-electron chi connectivity index (χ2n) is 8.46. The predicted octanol–water partition coefficient (Wildman–Crippen LogP) is 6.55. The topological polar surface area (TPSA) is 34.8 Å². The van der Waals surface area contributed by atoms with Crippen molar-refractivity contribution in [2.75, 3.05) is 0 Å². The first kappa shape index (κ1) is 19.5. The van der Waals surface area contributed by atoms with Crippen molar-refractivity contribution in [2.24, 2.45) is 7.05 Å². The van der Waals surface area contributed by atoms with E-state index in [1.165, 1.54) is 16.6 Å². The van der Waals surface area contributed by atoms with Gasteiger partial charge in [-0.15, -0.1) is 0 Å². The molecule has 4 heteroatoms. The van der Waals surface area contributed by atoms with Crippen LogP contribution in [0.1, 0.15) is 11.5 Å². The highest BCUT2D eigenvalue weighted by molar-refractivity contribution is 5.86. The predicted molar refractivity (Wildman–Crippen MR) is 132 cm³/mol. The molecule has 33 heavy (non-hydrogen) atoms. The Morgan fingerprint density at radius 1 is 0.788 bits per heavy atom. The standard InChI is InChI=1S/C29H24N3O/c1-19-17-28-24(30-20(2)33-28)18-23(19)29-31(3)26-15-9-10-16-27(26)32(29)25-14-8-7-13-22(25)21-11-5-4-6-12-21/h4-18H,1-3H3/q+1. The molecule has 0 radical (unpaired) electrons. The lowest BCUT2D eigenvalue weighted by Gasteiger charge is -2.11. The highest BCUT2D eigenvalue weighted by Crippen LogP contribution is 2.35. The molecular formula is C29H24N3O+. The summed E-state index contributed by atoms with van der Waals surface area (Å²) in [6.07, 6.45) is 0. The van der Waals surface area contributed by atoms with Gasteiger partial charge < -0.3 is 4.42 Å². The summed E-state index contributed by atoms with van der Waals surface area (Å²) in [5.41, 5.74) is 9.85. The highest BCUT2D eigenvalue weighted by Gasteiger charge is 2.29. The molecule has 0 N–H and O–H groups in total. The molecule has 4 nitrogen and oxygen atoms in total. The normalized spacial score (nSPS) is 11.5. The zero-order valence-corrected chi connectivity index (χ0v) is 18.9. The molecule has 0 saturated heterocycles. The van der Waals surface area contributed by atoms with Crippen LogP contribution in [-0.4, -0.2) is 9.55 Å². The molecule has 6 rings (SSSR count). The number of aryl methyl sites for hydroxylation is 3. The van der Waals surface area contributed by atoms with E-state index in [9.17, 15) is 0 Å². The van der Waals surface area contributed by atoms with Crippen LogP contribution < -0.4 is 4.57 Å². The number of rotatable bonds is 3. The molecule has 0 amide bonds. The van der Waals surface area contributed by atoms with Crippen molar-refractivity contribution in [3.63, 3.8) is 0 Å². The van der Waals surface area contributed by atoms with Crippen LogP contribution in [-0.2, 0) is 7.05 Å². The number of imidazole rings is 1. The van der Waals surface area contributed by atoms with Gasteiger partial charge in [0.2, 0.25) is 0 Å². The van der Waals surface area contributed by atoms with Gasteiger partial charge in [0.05, 0.1) is 12.6 Å². The van der Waals surface area contributed by atoms with E-state index in [1.54, 1.807) is 0 Å². The SMILES string of the molecule is Cc1nc2cc(-c3n(-c4ccccc4-c4ccccc4)c4ccccc4[n+]3C)c(C)cc2o1. The first-order valence-corrected chi connectivity index (χ1v) is 11.1. The van der Waals surface area contributed by atoms with Crippen LogP contribution in [0.3, 0.4) is 0 Å². The van der Waals surface area contributed by atoms with Crippen LogP contribution in [0.5, 0.6) is 0 Å². The summed E-state index contributed by atoms with van der Waals surface area (Å²) in [6, 6.07) is 32.0. The minimum absolute atomic E-state index is 0.681. The van der Waals surface area contributed by atoms with Gasteiger partial charge in [0.25, 0.3) is 5.82 Å². The van der Waals surface area contributed by atoms with Crippen molar-refractivity contribution >= 4 is 22.1 Å². The van der Waals surface area contributed by atoms with Gasteiger partial charge in [0, 0.05) is 12.5 Å². The third-order valence-corrected chi connectivity index (χ3v) is 6.33. The molecule has 0 spiro atoms. The van der Waals surface area contributed by atoms with Crippen molar-refractivity contribution in [1.29, 1.82) is 0 Å². The molecule has 0 aliphatic rings. The largest absolute Gasteiger partial charge is 0.441 e. The van der Waals surface area contributed by atoms with Crippen molar-refractivity contribution < 1.29 is 8.98 Å². The van der Waals surface area contributed by atoms with Gasteiger partial charge in [-0.2, -0.15) is 4.57 Å². The van der Waals surface area contributed by atoms with E-state index in [-0.39, 0.29) is 0 Å². The average molecular weight is 431 g/mol. The minimum atomic E-state index is 0.681. The van der Waals surface area contributed by atoms with Gasteiger partial charge in [-0.3, -0.25) is 0 Å². The van der Waals surface area contributed by atoms with Crippen molar-refractivity contribution in [3.8, 4) is 28.2 Å². The monoisotopic (exact) mass is 430 g/mol. The number of hydrogen-bond acceptors (Lipinski definition) is 2. The fourth-order valence-corrected chi connectivity index (χ4v) is 4.82. The summed E-state index contributed by atoms with van der Waals surface area (Å²) in [4.78, 5) is 4.61. The van der Waals surface area contributed by atoms with Gasteiger partial charge in [-0.25, -0.2) is 9.55 Å². The van der Waals surface area contributed by atoms with Gasteiger partial charge in [0.1, 0.15) is 11.2 Å². The van der Waals surface area contributed by atoms with Gasteiger partial charge in [-0.1, -0.05) is 60.7 Å². The Balaban J connectivity index is 1.73. The number of fused-ring (bicyclic) bond motifs is 2. The summed E-state index contributed by atoms with van der Waals surface area (Å²) in [7, 11) is 2.14. The minimum Gasteiger partial charge on any atom is -0.441 e. The number of oxazole rings is 1. The van der Waals surface area contributed by atoms with Gasteiger partial charge in [0.15, 0.2) is 22.5 Å². The van der Waals surface area contributed by atoms with E-state index in [0.717, 1.165) is 39.3 Å². The van der Waals surface area contributed by atoms with Crippen LogP contribution in [0, 0.1) is 13.8 Å². The number of aromatic nitrogens is 3. The summed E-state index contributed by atoms with van der Waals surface area (Å²) >= 11 is 0. The molecule has 0 unspecified atom stereocenters. The maximum absolute atomic E-state index is 5.80. The molecule has 160 valence electrons. The molecule has 0 aliphatic heterocycles. The van der Waals surface area contributed by atoms with Crippen LogP contribution in [0.4, 0.5) is 0 Å². The molecule has 0 atom stereocenters. The maximum atomic E-state index is 5.80. The van der Waals surface area contributed by atoms with E-state index in [4.69, 9.17) is 4.42 Å². The molecule has 0 bridgehead atoms. The van der Waals surface area contributed by atoms with Crippen LogP contribution in [0.15, 0.2) is 95.4 Å². The third-order valence-electron chi connectivity index (χ3n) is 6.33. The first-order valence-electron chi connectivity index (χ1n) is 11.1. The molecule has 2 aromatic heterocycles. The Morgan fingerprint density at radius 2 is 1.52 bits per heavy atom.